The number of rotatable bonds is 3. The third-order valence-electron chi connectivity index (χ3n) is 3.87. The SMILES string of the molecule is O=C(Nc1nc(C2CCCCC2)cs1)c1ccc(Cl)cc1. The number of halogens is 1. The van der Waals surface area contributed by atoms with Crippen LogP contribution in [0.3, 0.4) is 0 Å². The molecule has 1 N–H and O–H groups in total. The second-order valence-corrected chi connectivity index (χ2v) is 6.67. The lowest BCUT2D eigenvalue weighted by molar-refractivity contribution is 0.102. The predicted molar refractivity (Wildman–Crippen MR) is 87.3 cm³/mol. The van der Waals surface area contributed by atoms with Gasteiger partial charge in [-0.1, -0.05) is 30.9 Å². The Balaban J connectivity index is 1.66. The van der Waals surface area contributed by atoms with Gasteiger partial charge < -0.3 is 0 Å². The van der Waals surface area contributed by atoms with Crippen LogP contribution < -0.4 is 5.32 Å². The Kier molecular flexibility index (Phi) is 4.56. The van der Waals surface area contributed by atoms with Gasteiger partial charge in [0.25, 0.3) is 5.91 Å². The van der Waals surface area contributed by atoms with Crippen LogP contribution >= 0.6 is 22.9 Å². The zero-order valence-corrected chi connectivity index (χ0v) is 13.2. The molecular weight excluding hydrogens is 304 g/mol. The summed E-state index contributed by atoms with van der Waals surface area (Å²) in [5.41, 5.74) is 1.72. The average Bonchev–Trinajstić information content (AvgIpc) is 2.97. The van der Waals surface area contributed by atoms with Crippen LogP contribution in [0.15, 0.2) is 29.6 Å². The molecule has 21 heavy (non-hydrogen) atoms. The van der Waals surface area contributed by atoms with Gasteiger partial charge in [0.2, 0.25) is 0 Å². The molecule has 1 aromatic carbocycles. The van der Waals surface area contributed by atoms with E-state index in [1.165, 1.54) is 43.4 Å². The van der Waals surface area contributed by atoms with Crippen LogP contribution in [0.5, 0.6) is 0 Å². The van der Waals surface area contributed by atoms with E-state index in [-0.39, 0.29) is 5.91 Å². The number of hydrogen-bond donors (Lipinski definition) is 1. The summed E-state index contributed by atoms with van der Waals surface area (Å²) in [6, 6.07) is 6.86. The standard InChI is InChI=1S/C16H17ClN2OS/c17-13-8-6-12(7-9-13)15(20)19-16-18-14(10-21-16)11-4-2-1-3-5-11/h6-11H,1-5H2,(H,18,19,20). The summed E-state index contributed by atoms with van der Waals surface area (Å²) in [7, 11) is 0. The first-order valence-corrected chi connectivity index (χ1v) is 8.50. The molecular formula is C16H17ClN2OS. The third-order valence-corrected chi connectivity index (χ3v) is 4.90. The molecule has 0 aliphatic heterocycles. The van der Waals surface area contributed by atoms with Crippen molar-refractivity contribution in [2.75, 3.05) is 5.32 Å². The van der Waals surface area contributed by atoms with Crippen molar-refractivity contribution in [3.05, 3.63) is 45.9 Å². The third kappa shape index (κ3) is 3.63. The van der Waals surface area contributed by atoms with Gasteiger partial charge in [0.15, 0.2) is 5.13 Å². The van der Waals surface area contributed by atoms with E-state index in [9.17, 15) is 4.79 Å². The highest BCUT2D eigenvalue weighted by Gasteiger charge is 2.18. The largest absolute Gasteiger partial charge is 0.298 e. The van der Waals surface area contributed by atoms with Crippen molar-refractivity contribution in [3.63, 3.8) is 0 Å². The molecule has 0 radical (unpaired) electrons. The summed E-state index contributed by atoms with van der Waals surface area (Å²) in [5, 5.41) is 6.24. The number of benzene rings is 1. The van der Waals surface area contributed by atoms with E-state index in [1.54, 1.807) is 24.3 Å². The molecule has 110 valence electrons. The fourth-order valence-electron chi connectivity index (χ4n) is 2.70. The van der Waals surface area contributed by atoms with Gasteiger partial charge in [-0.15, -0.1) is 11.3 Å². The highest BCUT2D eigenvalue weighted by Crippen LogP contribution is 2.34. The first kappa shape index (κ1) is 14.5. The molecule has 0 spiro atoms. The highest BCUT2D eigenvalue weighted by atomic mass is 35.5. The maximum Gasteiger partial charge on any atom is 0.257 e. The van der Waals surface area contributed by atoms with Crippen molar-refractivity contribution >= 4 is 34.0 Å². The van der Waals surface area contributed by atoms with Gasteiger partial charge >= 0.3 is 0 Å². The van der Waals surface area contributed by atoms with E-state index in [0.717, 1.165) is 5.69 Å². The fraction of sp³-hybridized carbons (Fsp3) is 0.375. The van der Waals surface area contributed by atoms with Crippen LogP contribution in [-0.4, -0.2) is 10.9 Å². The van der Waals surface area contributed by atoms with Gasteiger partial charge in [-0.2, -0.15) is 0 Å². The fourth-order valence-corrected chi connectivity index (χ4v) is 3.61. The van der Waals surface area contributed by atoms with Gasteiger partial charge in [0.1, 0.15) is 0 Å². The molecule has 1 aliphatic rings. The minimum Gasteiger partial charge on any atom is -0.298 e. The zero-order valence-electron chi connectivity index (χ0n) is 11.6. The Morgan fingerprint density at radius 3 is 2.62 bits per heavy atom. The van der Waals surface area contributed by atoms with E-state index in [4.69, 9.17) is 11.6 Å². The molecule has 0 unspecified atom stereocenters. The Hall–Kier alpha value is -1.39. The maximum absolute atomic E-state index is 12.1. The first-order valence-electron chi connectivity index (χ1n) is 7.25. The monoisotopic (exact) mass is 320 g/mol. The Morgan fingerprint density at radius 1 is 1.19 bits per heavy atom. The number of carbonyl (C=O) groups is 1. The normalized spacial score (nSPS) is 15.9. The quantitative estimate of drug-likeness (QED) is 0.855. The number of nitrogens with one attached hydrogen (secondary N) is 1. The average molecular weight is 321 g/mol. The van der Waals surface area contributed by atoms with Crippen LogP contribution in [0.4, 0.5) is 5.13 Å². The van der Waals surface area contributed by atoms with Crippen LogP contribution in [0, 0.1) is 0 Å². The smallest absolute Gasteiger partial charge is 0.257 e. The molecule has 0 saturated heterocycles. The summed E-state index contributed by atoms with van der Waals surface area (Å²) in [5.74, 6) is 0.424. The van der Waals surface area contributed by atoms with E-state index in [1.807, 2.05) is 0 Å². The minimum atomic E-state index is -0.142. The Bertz CT molecular complexity index is 617. The molecule has 1 amide bonds. The molecule has 0 atom stereocenters. The van der Waals surface area contributed by atoms with Gasteiger partial charge in [-0.05, 0) is 37.1 Å². The molecule has 1 saturated carbocycles. The van der Waals surface area contributed by atoms with Crippen LogP contribution in [0.25, 0.3) is 0 Å². The lowest BCUT2D eigenvalue weighted by atomic mass is 9.87. The minimum absolute atomic E-state index is 0.142. The lowest BCUT2D eigenvalue weighted by Crippen LogP contribution is -2.12. The van der Waals surface area contributed by atoms with Crippen LogP contribution in [-0.2, 0) is 0 Å². The van der Waals surface area contributed by atoms with Gasteiger partial charge in [0, 0.05) is 21.9 Å². The van der Waals surface area contributed by atoms with Crippen molar-refractivity contribution in [2.24, 2.45) is 0 Å². The number of carbonyl (C=O) groups excluding carboxylic acids is 1. The molecule has 3 nitrogen and oxygen atoms in total. The maximum atomic E-state index is 12.1. The number of hydrogen-bond acceptors (Lipinski definition) is 3. The number of thiazole rings is 1. The highest BCUT2D eigenvalue weighted by molar-refractivity contribution is 7.14. The summed E-state index contributed by atoms with van der Waals surface area (Å²) in [6.07, 6.45) is 6.34. The summed E-state index contributed by atoms with van der Waals surface area (Å²) in [6.45, 7) is 0. The Morgan fingerprint density at radius 2 is 1.90 bits per heavy atom. The molecule has 0 bridgehead atoms. The lowest BCUT2D eigenvalue weighted by Gasteiger charge is -2.19. The van der Waals surface area contributed by atoms with Crippen molar-refractivity contribution in [3.8, 4) is 0 Å². The summed E-state index contributed by atoms with van der Waals surface area (Å²) >= 11 is 7.32. The van der Waals surface area contributed by atoms with E-state index >= 15 is 0 Å². The second kappa shape index (κ2) is 6.58. The van der Waals surface area contributed by atoms with Gasteiger partial charge in [0.05, 0.1) is 5.69 Å². The van der Waals surface area contributed by atoms with Gasteiger partial charge in [-0.25, -0.2) is 4.98 Å². The Labute approximate surface area is 133 Å². The van der Waals surface area contributed by atoms with E-state index in [0.29, 0.717) is 21.6 Å². The zero-order chi connectivity index (χ0) is 14.7. The summed E-state index contributed by atoms with van der Waals surface area (Å²) < 4.78 is 0. The molecule has 1 aromatic heterocycles. The van der Waals surface area contributed by atoms with Crippen molar-refractivity contribution < 1.29 is 4.79 Å². The molecule has 3 rings (SSSR count). The summed E-state index contributed by atoms with van der Waals surface area (Å²) in [4.78, 5) is 16.7. The van der Waals surface area contributed by atoms with Crippen LogP contribution in [0.1, 0.15) is 54.1 Å². The van der Waals surface area contributed by atoms with Crippen molar-refractivity contribution in [2.45, 2.75) is 38.0 Å². The van der Waals surface area contributed by atoms with Crippen molar-refractivity contribution in [1.29, 1.82) is 0 Å². The second-order valence-electron chi connectivity index (χ2n) is 5.37. The molecule has 1 fully saturated rings. The van der Waals surface area contributed by atoms with E-state index in [2.05, 4.69) is 15.7 Å². The number of aromatic nitrogens is 1. The van der Waals surface area contributed by atoms with E-state index < -0.39 is 0 Å². The first-order chi connectivity index (χ1) is 10.2. The topological polar surface area (TPSA) is 42.0 Å². The molecule has 5 heteroatoms. The van der Waals surface area contributed by atoms with Crippen molar-refractivity contribution in [1.82, 2.24) is 4.98 Å². The van der Waals surface area contributed by atoms with Crippen LogP contribution in [0.2, 0.25) is 5.02 Å². The molecule has 1 heterocycles. The number of anilines is 1. The van der Waals surface area contributed by atoms with Gasteiger partial charge in [-0.3, -0.25) is 10.1 Å². The predicted octanol–water partition coefficient (Wildman–Crippen LogP) is 5.10. The molecule has 2 aromatic rings. The number of amides is 1. The number of nitrogens with zero attached hydrogens (tertiary/aromatic N) is 1. The molecule has 1 aliphatic carbocycles.